The predicted molar refractivity (Wildman–Crippen MR) is 211 cm³/mol. The van der Waals surface area contributed by atoms with Gasteiger partial charge < -0.3 is 29.7 Å². The summed E-state index contributed by atoms with van der Waals surface area (Å²) >= 11 is 0. The summed E-state index contributed by atoms with van der Waals surface area (Å²) in [5, 5.41) is 5.28. The lowest BCUT2D eigenvalue weighted by Crippen LogP contribution is -2.63. The van der Waals surface area contributed by atoms with Crippen LogP contribution in [-0.4, -0.2) is 93.8 Å². The maximum Gasteiger partial charge on any atom is 0.437 e. The third kappa shape index (κ3) is 7.88. The number of carbonyl (C=O) groups is 4. The second-order valence-corrected chi connectivity index (χ2v) is 20.4. The number of hydrogen-bond donors (Lipinski definition) is 3. The molecule has 5 aliphatic rings. The molecule has 0 radical (unpaired) electrons. The highest BCUT2D eigenvalue weighted by molar-refractivity contribution is 7.91. The molecule has 6 atom stereocenters. The molecule has 332 valence electrons. The minimum absolute atomic E-state index is 0.0272. The number of alkyl halides is 4. The predicted octanol–water partition coefficient (Wildman–Crippen LogP) is 5.63. The molecule has 61 heavy (non-hydrogen) atoms. The zero-order chi connectivity index (χ0) is 44.7. The largest absolute Gasteiger partial charge is 0.482 e. The van der Waals surface area contributed by atoms with E-state index in [1.807, 2.05) is 0 Å². The van der Waals surface area contributed by atoms with Gasteiger partial charge in [0.2, 0.25) is 27.7 Å². The van der Waals surface area contributed by atoms with Crippen molar-refractivity contribution < 1.29 is 59.4 Å². The fraction of sp³-hybridized carbons (Fsp3) is 0.610. The molecule has 7 rings (SSSR count). The number of ether oxygens (including phenoxy) is 3. The molecule has 0 bridgehead atoms. The van der Waals surface area contributed by atoms with Gasteiger partial charge in [0, 0.05) is 24.8 Å². The van der Waals surface area contributed by atoms with E-state index in [0.29, 0.717) is 38.5 Å². The molecule has 4 amide bonds. The average molecular weight is 879 g/mol. The minimum atomic E-state index is -5.16. The highest BCUT2D eigenvalue weighted by Gasteiger charge is 2.69. The molecular weight excluding hydrogens is 829 g/mol. The first-order chi connectivity index (χ1) is 28.3. The zero-order valence-electron chi connectivity index (χ0n) is 34.8. The molecule has 2 saturated carbocycles. The summed E-state index contributed by atoms with van der Waals surface area (Å²) in [6, 6.07) is 1.14. The Morgan fingerprint density at radius 3 is 2.43 bits per heavy atom. The van der Waals surface area contributed by atoms with Crippen molar-refractivity contribution in [2.45, 2.75) is 138 Å². The number of hydrogen-bond acceptors (Lipinski definition) is 11. The summed E-state index contributed by atoms with van der Waals surface area (Å²) < 4.78 is 106. The van der Waals surface area contributed by atoms with Crippen LogP contribution in [0.15, 0.2) is 36.4 Å². The number of nitrogens with zero attached hydrogens (tertiary/aromatic N) is 3. The molecule has 1 saturated heterocycles. The van der Waals surface area contributed by atoms with Crippen molar-refractivity contribution in [2.75, 3.05) is 13.7 Å². The van der Waals surface area contributed by atoms with Crippen LogP contribution in [0.1, 0.15) is 110 Å². The Bertz CT molecular complexity index is 2350. The molecule has 3 N–H and O–H groups in total. The Morgan fingerprint density at radius 1 is 1.08 bits per heavy atom. The Balaban J connectivity index is 1.34. The van der Waals surface area contributed by atoms with Gasteiger partial charge in [-0.15, -0.1) is 0 Å². The molecule has 2 aliphatic carbocycles. The van der Waals surface area contributed by atoms with Gasteiger partial charge in [0.15, 0.2) is 17.0 Å². The van der Waals surface area contributed by atoms with Crippen LogP contribution in [0.25, 0.3) is 11.0 Å². The van der Waals surface area contributed by atoms with Crippen LogP contribution in [0.3, 0.4) is 0 Å². The molecule has 1 spiro atoms. The Hall–Kier alpha value is -5.01. The highest BCUT2D eigenvalue weighted by atomic mass is 32.2. The first kappa shape index (κ1) is 44.1. The number of allylic oxidation sites excluding steroid dienone is 1. The van der Waals surface area contributed by atoms with E-state index < -0.39 is 122 Å². The van der Waals surface area contributed by atoms with E-state index in [4.69, 9.17) is 14.2 Å². The quantitative estimate of drug-likeness (QED) is 0.249. The van der Waals surface area contributed by atoms with Crippen LogP contribution in [0.2, 0.25) is 0 Å². The third-order valence-corrected chi connectivity index (χ3v) is 14.5. The number of fused-ring (bicyclic) bond motifs is 5. The molecule has 5 heterocycles. The Labute approximate surface area is 350 Å². The molecule has 0 aromatic carbocycles. The second-order valence-electron chi connectivity index (χ2n) is 18.2. The first-order valence-corrected chi connectivity index (χ1v) is 21.6. The number of pyridine rings is 2. The maximum atomic E-state index is 16.9. The number of rotatable bonds is 5. The Kier molecular flexibility index (Phi) is 10.7. The number of methoxy groups -OCH3 is 1. The fourth-order valence-corrected chi connectivity index (χ4v) is 9.95. The van der Waals surface area contributed by atoms with E-state index in [9.17, 15) is 36.0 Å². The molecule has 15 nitrogen and oxygen atoms in total. The van der Waals surface area contributed by atoms with Gasteiger partial charge in [0.25, 0.3) is 5.91 Å². The molecule has 2 aromatic rings. The standard InChI is InChI=1S/C41H50F4N6O9S/c1-22-23-13-11-9-8-10-12-14-26(47-35(55)60-36(2,3)4)32(52)51-21-39(20-38(51,6)33(53)49-40(22,23)34(54)50-61(56,57)37(5)17-18-37)19-24(42)28-29-25(15-16-27(48-29)58-7)46-31(30(28)59-39)41(43,44)45/h11,13,15-16,23-24,26H,1,8-10,12,14,17-21H2,2-7H3,(H,47,55)(H,49,53)(H,50,54)/b13-11-/t23?,24?,26-,38?,39+,40+/m0/s1. The van der Waals surface area contributed by atoms with Gasteiger partial charge >= 0.3 is 12.3 Å². The highest BCUT2D eigenvalue weighted by Crippen LogP contribution is 2.56. The van der Waals surface area contributed by atoms with Crippen LogP contribution in [0.5, 0.6) is 11.6 Å². The average Bonchev–Trinajstić information content (AvgIpc) is 4.01. The summed E-state index contributed by atoms with van der Waals surface area (Å²) in [6.45, 7) is 11.0. The lowest BCUT2D eigenvalue weighted by atomic mass is 9.83. The van der Waals surface area contributed by atoms with Crippen molar-refractivity contribution in [1.29, 1.82) is 0 Å². The van der Waals surface area contributed by atoms with E-state index in [-0.39, 0.29) is 28.9 Å². The second kappa shape index (κ2) is 14.8. The number of amides is 4. The van der Waals surface area contributed by atoms with Gasteiger partial charge in [0.1, 0.15) is 34.5 Å². The topological polar surface area (TPSA) is 195 Å². The van der Waals surface area contributed by atoms with E-state index in [0.717, 1.165) is 4.90 Å². The van der Waals surface area contributed by atoms with Crippen LogP contribution in [0, 0.1) is 5.92 Å². The summed E-state index contributed by atoms with van der Waals surface area (Å²) in [5.41, 5.74) is -9.60. The molecular formula is C41H50F4N6O9S. The van der Waals surface area contributed by atoms with Crippen molar-refractivity contribution in [2.24, 2.45) is 5.92 Å². The zero-order valence-corrected chi connectivity index (χ0v) is 35.6. The first-order valence-electron chi connectivity index (χ1n) is 20.2. The summed E-state index contributed by atoms with van der Waals surface area (Å²) in [5.74, 6) is -4.85. The van der Waals surface area contributed by atoms with Gasteiger partial charge in [-0.25, -0.2) is 27.6 Å². The number of alkyl carbamates (subject to hydrolysis) is 1. The number of nitrogens with one attached hydrogen (secondary N) is 3. The van der Waals surface area contributed by atoms with Gasteiger partial charge in [0.05, 0.1) is 29.5 Å². The van der Waals surface area contributed by atoms with Crippen molar-refractivity contribution >= 4 is 44.9 Å². The normalized spacial score (nSPS) is 30.7. The number of aromatic nitrogens is 2. The minimum Gasteiger partial charge on any atom is -0.482 e. The van der Waals surface area contributed by atoms with Crippen LogP contribution in [-0.2, 0) is 35.3 Å². The molecule has 3 unspecified atom stereocenters. The monoisotopic (exact) mass is 878 g/mol. The number of sulfonamides is 1. The maximum absolute atomic E-state index is 16.9. The molecule has 3 fully saturated rings. The fourth-order valence-electron chi connectivity index (χ4n) is 8.66. The van der Waals surface area contributed by atoms with E-state index in [1.54, 1.807) is 32.9 Å². The Morgan fingerprint density at radius 2 is 1.79 bits per heavy atom. The van der Waals surface area contributed by atoms with Crippen molar-refractivity contribution in [3.05, 3.63) is 47.7 Å². The van der Waals surface area contributed by atoms with Crippen molar-refractivity contribution in [3.63, 3.8) is 0 Å². The van der Waals surface area contributed by atoms with E-state index >= 15 is 9.18 Å². The van der Waals surface area contributed by atoms with Crippen molar-refractivity contribution in [1.82, 2.24) is 30.2 Å². The van der Waals surface area contributed by atoms with Gasteiger partial charge in [-0.2, -0.15) is 13.2 Å². The SMILES string of the molecule is C=C1C2/C=C\CCCCC[C@H](NC(=O)OC(C)(C)C)C(=O)N3C[C@@]4(CC(F)c5c(c(C(F)(F)F)nc6ccc(OC)nc56)O4)CC3(C)C(=O)N[C@]12C(=O)NS(=O)(=O)C1(C)CC1. The van der Waals surface area contributed by atoms with Crippen LogP contribution < -0.4 is 24.8 Å². The van der Waals surface area contributed by atoms with Crippen molar-refractivity contribution in [3.8, 4) is 11.6 Å². The van der Waals surface area contributed by atoms with Gasteiger partial charge in [-0.3, -0.25) is 19.1 Å². The number of halogens is 4. The van der Waals surface area contributed by atoms with E-state index in [2.05, 4.69) is 31.9 Å². The summed E-state index contributed by atoms with van der Waals surface area (Å²) in [6.07, 6.45) is -3.38. The smallest absolute Gasteiger partial charge is 0.437 e. The summed E-state index contributed by atoms with van der Waals surface area (Å²) in [7, 11) is -2.95. The number of carbonyl (C=O) groups excluding carboxylic acids is 4. The molecule has 3 aliphatic heterocycles. The van der Waals surface area contributed by atoms with Gasteiger partial charge in [-0.05, 0) is 78.4 Å². The molecule has 2 aromatic heterocycles. The lowest BCUT2D eigenvalue weighted by Gasteiger charge is -2.38. The summed E-state index contributed by atoms with van der Waals surface area (Å²) in [4.78, 5) is 66.3. The van der Waals surface area contributed by atoms with Gasteiger partial charge in [-0.1, -0.05) is 31.6 Å². The third-order valence-electron chi connectivity index (χ3n) is 12.4. The van der Waals surface area contributed by atoms with E-state index in [1.165, 1.54) is 33.1 Å². The van der Waals surface area contributed by atoms with Crippen LogP contribution in [0.4, 0.5) is 22.4 Å². The molecule has 20 heteroatoms. The lowest BCUT2D eigenvalue weighted by molar-refractivity contribution is -0.147. The van der Waals surface area contributed by atoms with Crippen LogP contribution >= 0.6 is 0 Å².